The highest BCUT2D eigenvalue weighted by Gasteiger charge is 2.25. The Hall–Kier alpha value is -0.910. The summed E-state index contributed by atoms with van der Waals surface area (Å²) in [6.07, 6.45) is 1.28. The van der Waals surface area contributed by atoms with E-state index in [-0.39, 0.29) is 11.6 Å². The molecular formula is C11H7FINO. The van der Waals surface area contributed by atoms with Crippen LogP contribution in [0.15, 0.2) is 12.1 Å². The Morgan fingerprint density at radius 2 is 2.13 bits per heavy atom. The second kappa shape index (κ2) is 3.04. The highest BCUT2D eigenvalue weighted by atomic mass is 127. The highest BCUT2D eigenvalue weighted by molar-refractivity contribution is 14.1. The number of aromatic amines is 1. The van der Waals surface area contributed by atoms with Crippen LogP contribution in [0, 0.1) is 9.39 Å². The zero-order valence-electron chi connectivity index (χ0n) is 7.73. The Labute approximate surface area is 99.0 Å². The van der Waals surface area contributed by atoms with Gasteiger partial charge in [0.1, 0.15) is 5.82 Å². The molecule has 15 heavy (non-hydrogen) atoms. The van der Waals surface area contributed by atoms with E-state index in [4.69, 9.17) is 0 Å². The van der Waals surface area contributed by atoms with Crippen LogP contribution in [0.5, 0.6) is 0 Å². The number of nitrogens with one attached hydrogen (secondary N) is 1. The molecule has 0 amide bonds. The molecule has 1 aliphatic rings. The molecule has 0 spiro atoms. The summed E-state index contributed by atoms with van der Waals surface area (Å²) in [6, 6.07) is 2.98. The first-order valence-corrected chi connectivity index (χ1v) is 5.77. The predicted molar refractivity (Wildman–Crippen MR) is 63.6 cm³/mol. The molecular weight excluding hydrogens is 308 g/mol. The van der Waals surface area contributed by atoms with Gasteiger partial charge in [0.05, 0.1) is 11.2 Å². The van der Waals surface area contributed by atoms with Crippen LogP contribution in [-0.4, -0.2) is 10.8 Å². The number of carbonyl (C=O) groups excluding carboxylic acids is 1. The number of hydrogen-bond acceptors (Lipinski definition) is 1. The third-order valence-electron chi connectivity index (χ3n) is 2.81. The number of hydrogen-bond donors (Lipinski definition) is 1. The van der Waals surface area contributed by atoms with Crippen molar-refractivity contribution < 1.29 is 9.18 Å². The minimum Gasteiger partial charge on any atom is -0.351 e. The third-order valence-corrected chi connectivity index (χ3v) is 3.66. The number of aromatic nitrogens is 1. The molecule has 0 fully saturated rings. The van der Waals surface area contributed by atoms with Gasteiger partial charge in [0.25, 0.3) is 0 Å². The van der Waals surface area contributed by atoms with E-state index in [1.807, 2.05) is 0 Å². The van der Waals surface area contributed by atoms with Crippen molar-refractivity contribution in [3.8, 4) is 0 Å². The smallest absolute Gasteiger partial charge is 0.179 e. The van der Waals surface area contributed by atoms with Crippen molar-refractivity contribution in [3.63, 3.8) is 0 Å². The second-order valence-corrected chi connectivity index (χ2v) is 4.87. The van der Waals surface area contributed by atoms with Crippen LogP contribution >= 0.6 is 22.6 Å². The van der Waals surface area contributed by atoms with Crippen molar-refractivity contribution in [1.82, 2.24) is 4.98 Å². The Bertz CT molecular complexity index is 588. The summed E-state index contributed by atoms with van der Waals surface area (Å²) in [4.78, 5) is 14.6. The maximum atomic E-state index is 13.2. The molecule has 0 radical (unpaired) electrons. The molecule has 3 rings (SSSR count). The molecule has 2 aromatic rings. The molecule has 2 nitrogen and oxygen atoms in total. The van der Waals surface area contributed by atoms with Crippen LogP contribution in [0.1, 0.15) is 22.5 Å². The Morgan fingerprint density at radius 3 is 2.93 bits per heavy atom. The number of benzene rings is 1. The van der Waals surface area contributed by atoms with Crippen LogP contribution < -0.4 is 0 Å². The minimum atomic E-state index is -0.243. The van der Waals surface area contributed by atoms with Crippen LogP contribution in [0.4, 0.5) is 4.39 Å². The predicted octanol–water partition coefficient (Wildman–Crippen LogP) is 3.04. The van der Waals surface area contributed by atoms with Crippen molar-refractivity contribution >= 4 is 39.3 Å². The summed E-state index contributed by atoms with van der Waals surface area (Å²) in [5, 5.41) is 0.861. The first kappa shape index (κ1) is 9.33. The molecule has 0 saturated carbocycles. The van der Waals surface area contributed by atoms with Gasteiger partial charge < -0.3 is 4.98 Å². The Morgan fingerprint density at radius 1 is 1.33 bits per heavy atom. The standard InChI is InChI=1S/C11H7FINO/c12-5-3-7-6-1-2-9(15)11(6)14-10(7)8(13)4-5/h3-4,14H,1-2H2. The van der Waals surface area contributed by atoms with E-state index < -0.39 is 0 Å². The normalized spacial score (nSPS) is 14.9. The van der Waals surface area contributed by atoms with E-state index >= 15 is 0 Å². The van der Waals surface area contributed by atoms with Gasteiger partial charge in [-0.3, -0.25) is 4.79 Å². The number of H-pyrrole nitrogens is 1. The van der Waals surface area contributed by atoms with E-state index in [1.54, 1.807) is 0 Å². The van der Waals surface area contributed by atoms with Gasteiger partial charge in [-0.2, -0.15) is 0 Å². The van der Waals surface area contributed by atoms with Gasteiger partial charge >= 0.3 is 0 Å². The lowest BCUT2D eigenvalue weighted by Gasteiger charge is -1.97. The van der Waals surface area contributed by atoms with E-state index in [0.717, 1.165) is 26.5 Å². The second-order valence-electron chi connectivity index (χ2n) is 3.71. The van der Waals surface area contributed by atoms with E-state index in [0.29, 0.717) is 12.1 Å². The maximum Gasteiger partial charge on any atom is 0.179 e. The molecule has 1 aromatic carbocycles. The first-order chi connectivity index (χ1) is 7.16. The summed E-state index contributed by atoms with van der Waals surface area (Å²) in [6.45, 7) is 0. The number of ketones is 1. The van der Waals surface area contributed by atoms with Crippen LogP contribution in [0.2, 0.25) is 0 Å². The number of fused-ring (bicyclic) bond motifs is 3. The van der Waals surface area contributed by atoms with Gasteiger partial charge in [-0.25, -0.2) is 4.39 Å². The molecule has 0 unspecified atom stereocenters. The molecule has 4 heteroatoms. The first-order valence-electron chi connectivity index (χ1n) is 4.69. The van der Waals surface area contributed by atoms with E-state index in [2.05, 4.69) is 27.6 Å². The van der Waals surface area contributed by atoms with Gasteiger partial charge in [-0.05, 0) is 46.7 Å². The maximum absolute atomic E-state index is 13.2. The average molecular weight is 315 g/mol. The molecule has 1 aliphatic carbocycles. The molecule has 1 N–H and O–H groups in total. The summed E-state index contributed by atoms with van der Waals surface area (Å²) in [5.41, 5.74) is 2.54. The number of aryl methyl sites for hydroxylation is 1. The van der Waals surface area contributed by atoms with Crippen molar-refractivity contribution in [3.05, 3.63) is 32.8 Å². The SMILES string of the molecule is O=C1CCc2c1[nH]c1c(I)cc(F)cc21. The molecule has 0 atom stereocenters. The van der Waals surface area contributed by atoms with Gasteiger partial charge in [0.15, 0.2) is 5.78 Å². The zero-order valence-corrected chi connectivity index (χ0v) is 9.89. The molecule has 1 aromatic heterocycles. The lowest BCUT2D eigenvalue weighted by molar-refractivity contribution is 0.0991. The van der Waals surface area contributed by atoms with Gasteiger partial charge in [-0.1, -0.05) is 0 Å². The summed E-state index contributed by atoms with van der Waals surface area (Å²) >= 11 is 2.08. The summed E-state index contributed by atoms with van der Waals surface area (Å²) < 4.78 is 14.1. The minimum absolute atomic E-state index is 0.136. The van der Waals surface area contributed by atoms with Gasteiger partial charge in [-0.15, -0.1) is 0 Å². The van der Waals surface area contributed by atoms with E-state index in [1.165, 1.54) is 12.1 Å². The Kier molecular flexibility index (Phi) is 1.89. The van der Waals surface area contributed by atoms with Crippen molar-refractivity contribution in [2.45, 2.75) is 12.8 Å². The topological polar surface area (TPSA) is 32.9 Å². The van der Waals surface area contributed by atoms with Crippen molar-refractivity contribution in [1.29, 1.82) is 0 Å². The van der Waals surface area contributed by atoms with Gasteiger partial charge in [0, 0.05) is 15.4 Å². The fourth-order valence-electron chi connectivity index (χ4n) is 2.13. The largest absolute Gasteiger partial charge is 0.351 e. The quantitative estimate of drug-likeness (QED) is 0.745. The molecule has 76 valence electrons. The fraction of sp³-hybridized carbons (Fsp3) is 0.182. The lowest BCUT2D eigenvalue weighted by Crippen LogP contribution is -1.91. The molecule has 0 aliphatic heterocycles. The number of Topliss-reactive ketones (excluding diaryl/α,β-unsaturated/α-hetero) is 1. The van der Waals surface area contributed by atoms with Crippen LogP contribution in [0.25, 0.3) is 10.9 Å². The van der Waals surface area contributed by atoms with Crippen LogP contribution in [0.3, 0.4) is 0 Å². The summed E-state index contributed by atoms with van der Waals surface area (Å²) in [7, 11) is 0. The number of halogens is 2. The number of rotatable bonds is 0. The average Bonchev–Trinajstić information content (AvgIpc) is 2.68. The van der Waals surface area contributed by atoms with Crippen molar-refractivity contribution in [2.75, 3.05) is 0 Å². The van der Waals surface area contributed by atoms with Gasteiger partial charge in [0.2, 0.25) is 0 Å². The van der Waals surface area contributed by atoms with Crippen molar-refractivity contribution in [2.24, 2.45) is 0 Å². The third kappa shape index (κ3) is 1.24. The molecule has 0 saturated heterocycles. The lowest BCUT2D eigenvalue weighted by atomic mass is 10.1. The van der Waals surface area contributed by atoms with E-state index in [9.17, 15) is 9.18 Å². The molecule has 0 bridgehead atoms. The molecule has 1 heterocycles. The summed E-state index contributed by atoms with van der Waals surface area (Å²) in [5.74, 6) is -0.106. The van der Waals surface area contributed by atoms with Crippen LogP contribution in [-0.2, 0) is 6.42 Å². The monoisotopic (exact) mass is 315 g/mol. The highest BCUT2D eigenvalue weighted by Crippen LogP contribution is 2.32. The Balaban J connectivity index is 2.44. The zero-order chi connectivity index (χ0) is 10.6. The fourth-order valence-corrected chi connectivity index (χ4v) is 2.86. The number of carbonyl (C=O) groups is 1.